The highest BCUT2D eigenvalue weighted by atomic mass is 32.2. The Kier molecular flexibility index (Phi) is 2.95. The van der Waals surface area contributed by atoms with E-state index >= 15 is 0 Å². The third kappa shape index (κ3) is 1.86. The van der Waals surface area contributed by atoms with Gasteiger partial charge in [-0.05, 0) is 12.3 Å². The molecule has 0 aliphatic heterocycles. The van der Waals surface area contributed by atoms with Gasteiger partial charge in [-0.1, -0.05) is 18.2 Å². The molecule has 0 atom stereocenters. The predicted octanol–water partition coefficient (Wildman–Crippen LogP) is 0.636. The third-order valence-electron chi connectivity index (χ3n) is 2.24. The fraction of sp³-hybridized carbons (Fsp3) is 0.100. The lowest BCUT2D eigenvalue weighted by atomic mass is 9.81. The molecule has 1 heterocycles. The maximum absolute atomic E-state index is 9.20. The summed E-state index contributed by atoms with van der Waals surface area (Å²) in [6.45, 7) is 0. The Labute approximate surface area is 92.3 Å². The van der Waals surface area contributed by atoms with Crippen molar-refractivity contribution in [1.82, 2.24) is 4.98 Å². The lowest BCUT2D eigenvalue weighted by Crippen LogP contribution is -2.32. The van der Waals surface area contributed by atoms with E-state index in [1.54, 1.807) is 0 Å². The molecule has 0 amide bonds. The molecule has 0 saturated heterocycles. The second kappa shape index (κ2) is 4.22. The quantitative estimate of drug-likeness (QED) is 0.574. The molecule has 0 fully saturated rings. The Balaban J connectivity index is 2.75. The van der Waals surface area contributed by atoms with Gasteiger partial charge in [-0.15, -0.1) is 11.8 Å². The first-order valence-corrected chi connectivity index (χ1v) is 5.74. The van der Waals surface area contributed by atoms with Crippen LogP contribution < -0.4 is 5.46 Å². The molecule has 1 aromatic heterocycles. The Morgan fingerprint density at radius 2 is 2.00 bits per heavy atom. The van der Waals surface area contributed by atoms with Gasteiger partial charge in [-0.25, -0.2) is 0 Å². The molecule has 76 valence electrons. The van der Waals surface area contributed by atoms with Crippen molar-refractivity contribution in [2.45, 2.75) is 4.90 Å². The van der Waals surface area contributed by atoms with E-state index in [-0.39, 0.29) is 0 Å². The second-order valence-electron chi connectivity index (χ2n) is 3.14. The summed E-state index contributed by atoms with van der Waals surface area (Å²) in [4.78, 5) is 5.05. The molecule has 2 N–H and O–H groups in total. The SMILES string of the molecule is CSc1c(B(O)O)cnc2ccccc12. The van der Waals surface area contributed by atoms with Crippen molar-refractivity contribution in [2.24, 2.45) is 0 Å². The summed E-state index contributed by atoms with van der Waals surface area (Å²) in [5, 5.41) is 19.3. The Hall–Kier alpha value is -1.04. The molecule has 0 radical (unpaired) electrons. The van der Waals surface area contributed by atoms with Gasteiger partial charge in [0.1, 0.15) is 0 Å². The fourth-order valence-electron chi connectivity index (χ4n) is 1.54. The zero-order valence-electron chi connectivity index (χ0n) is 8.21. The van der Waals surface area contributed by atoms with Crippen LogP contribution in [0.4, 0.5) is 0 Å². The van der Waals surface area contributed by atoms with Gasteiger partial charge in [-0.2, -0.15) is 0 Å². The monoisotopic (exact) mass is 219 g/mol. The minimum absolute atomic E-state index is 0.459. The summed E-state index contributed by atoms with van der Waals surface area (Å²) in [6, 6.07) is 7.66. The number of nitrogens with zero attached hydrogens (tertiary/aromatic N) is 1. The van der Waals surface area contributed by atoms with Crippen molar-refractivity contribution in [1.29, 1.82) is 0 Å². The molecular formula is C10H10BNO2S. The number of hydrogen-bond donors (Lipinski definition) is 2. The van der Waals surface area contributed by atoms with E-state index in [4.69, 9.17) is 0 Å². The molecule has 2 rings (SSSR count). The average Bonchev–Trinajstić information content (AvgIpc) is 2.27. The molecule has 0 saturated carbocycles. The first kappa shape index (κ1) is 10.5. The maximum atomic E-state index is 9.20. The molecule has 0 aliphatic rings. The van der Waals surface area contributed by atoms with Crippen LogP contribution in [0.25, 0.3) is 10.9 Å². The van der Waals surface area contributed by atoms with Crippen molar-refractivity contribution >= 4 is 35.2 Å². The van der Waals surface area contributed by atoms with Gasteiger partial charge in [0, 0.05) is 21.9 Å². The molecule has 3 nitrogen and oxygen atoms in total. The Morgan fingerprint density at radius 1 is 1.27 bits per heavy atom. The van der Waals surface area contributed by atoms with Crippen LogP contribution in [-0.4, -0.2) is 28.4 Å². The van der Waals surface area contributed by atoms with Crippen LogP contribution >= 0.6 is 11.8 Å². The number of para-hydroxylation sites is 1. The molecule has 0 aliphatic carbocycles. The zero-order valence-corrected chi connectivity index (χ0v) is 9.03. The van der Waals surface area contributed by atoms with E-state index in [0.29, 0.717) is 5.46 Å². The topological polar surface area (TPSA) is 53.4 Å². The highest BCUT2D eigenvalue weighted by molar-refractivity contribution is 7.99. The van der Waals surface area contributed by atoms with E-state index in [2.05, 4.69) is 4.98 Å². The summed E-state index contributed by atoms with van der Waals surface area (Å²) in [6.07, 6.45) is 3.42. The second-order valence-corrected chi connectivity index (χ2v) is 3.95. The molecule has 0 spiro atoms. The van der Waals surface area contributed by atoms with Gasteiger partial charge in [0.25, 0.3) is 0 Å². The van der Waals surface area contributed by atoms with Crippen LogP contribution in [-0.2, 0) is 0 Å². The normalized spacial score (nSPS) is 10.6. The van der Waals surface area contributed by atoms with E-state index in [1.807, 2.05) is 30.5 Å². The predicted molar refractivity (Wildman–Crippen MR) is 63.3 cm³/mol. The number of aromatic nitrogens is 1. The highest BCUT2D eigenvalue weighted by Crippen LogP contribution is 2.22. The van der Waals surface area contributed by atoms with Crippen LogP contribution in [0.5, 0.6) is 0 Å². The van der Waals surface area contributed by atoms with Gasteiger partial charge in [0.05, 0.1) is 5.52 Å². The number of pyridine rings is 1. The number of fused-ring (bicyclic) bond motifs is 1. The molecule has 5 heteroatoms. The van der Waals surface area contributed by atoms with Crippen molar-refractivity contribution in [2.75, 3.05) is 6.26 Å². The fourth-order valence-corrected chi connectivity index (χ4v) is 2.33. The average molecular weight is 219 g/mol. The lowest BCUT2D eigenvalue weighted by molar-refractivity contribution is 0.425. The van der Waals surface area contributed by atoms with Gasteiger partial charge in [0.15, 0.2) is 0 Å². The van der Waals surface area contributed by atoms with Crippen LogP contribution in [0.2, 0.25) is 0 Å². The van der Waals surface area contributed by atoms with Gasteiger partial charge in [-0.3, -0.25) is 4.98 Å². The standard InChI is InChI=1S/C10H10BNO2S/c1-15-10-7-4-2-3-5-9(7)12-6-8(10)11(13)14/h2-6,13-14H,1H3. The minimum atomic E-state index is -1.47. The van der Waals surface area contributed by atoms with Crippen molar-refractivity contribution in [3.63, 3.8) is 0 Å². The summed E-state index contributed by atoms with van der Waals surface area (Å²) in [5.41, 5.74) is 1.33. The summed E-state index contributed by atoms with van der Waals surface area (Å²) >= 11 is 1.49. The highest BCUT2D eigenvalue weighted by Gasteiger charge is 2.18. The van der Waals surface area contributed by atoms with E-state index in [0.717, 1.165) is 15.8 Å². The number of rotatable bonds is 2. The van der Waals surface area contributed by atoms with Crippen LogP contribution in [0.15, 0.2) is 35.4 Å². The molecule has 1 aromatic carbocycles. The molecule has 0 bridgehead atoms. The smallest absolute Gasteiger partial charge is 0.423 e. The van der Waals surface area contributed by atoms with E-state index < -0.39 is 7.12 Å². The molecular weight excluding hydrogens is 209 g/mol. The van der Waals surface area contributed by atoms with Gasteiger partial charge >= 0.3 is 7.12 Å². The summed E-state index contributed by atoms with van der Waals surface area (Å²) < 4.78 is 0. The lowest BCUT2D eigenvalue weighted by Gasteiger charge is -2.09. The maximum Gasteiger partial charge on any atom is 0.491 e. The first-order valence-electron chi connectivity index (χ1n) is 4.52. The number of benzene rings is 1. The number of thioether (sulfide) groups is 1. The minimum Gasteiger partial charge on any atom is -0.423 e. The first-order chi connectivity index (χ1) is 7.24. The largest absolute Gasteiger partial charge is 0.491 e. The molecule has 0 unspecified atom stereocenters. The number of hydrogen-bond acceptors (Lipinski definition) is 4. The summed E-state index contributed by atoms with van der Waals surface area (Å²) in [5.74, 6) is 0. The van der Waals surface area contributed by atoms with Crippen molar-refractivity contribution in [3.05, 3.63) is 30.5 Å². The van der Waals surface area contributed by atoms with Gasteiger partial charge in [0.2, 0.25) is 0 Å². The van der Waals surface area contributed by atoms with E-state index in [9.17, 15) is 10.0 Å². The van der Waals surface area contributed by atoms with Crippen molar-refractivity contribution < 1.29 is 10.0 Å². The van der Waals surface area contributed by atoms with E-state index in [1.165, 1.54) is 18.0 Å². The van der Waals surface area contributed by atoms with Crippen LogP contribution in [0.3, 0.4) is 0 Å². The zero-order chi connectivity index (χ0) is 10.8. The molecule has 2 aromatic rings. The van der Waals surface area contributed by atoms with Crippen molar-refractivity contribution in [3.8, 4) is 0 Å². The van der Waals surface area contributed by atoms with Gasteiger partial charge < -0.3 is 10.0 Å². The summed E-state index contributed by atoms with van der Waals surface area (Å²) in [7, 11) is -1.47. The Bertz CT molecular complexity index is 490. The Morgan fingerprint density at radius 3 is 2.67 bits per heavy atom. The van der Waals surface area contributed by atoms with Crippen LogP contribution in [0, 0.1) is 0 Å². The van der Waals surface area contributed by atoms with Crippen LogP contribution in [0.1, 0.15) is 0 Å². The molecule has 15 heavy (non-hydrogen) atoms. The third-order valence-corrected chi connectivity index (χ3v) is 3.10.